The summed E-state index contributed by atoms with van der Waals surface area (Å²) in [6.45, 7) is 17.0. The Bertz CT molecular complexity index is 714. The molecule has 0 amide bonds. The molecule has 1 fully saturated rings. The van der Waals surface area contributed by atoms with Gasteiger partial charge in [-0.1, -0.05) is 102 Å². The van der Waals surface area contributed by atoms with Gasteiger partial charge in [0.2, 0.25) is 0 Å². The van der Waals surface area contributed by atoms with Crippen LogP contribution in [0.4, 0.5) is 0 Å². The van der Waals surface area contributed by atoms with Crippen molar-refractivity contribution in [1.29, 1.82) is 0 Å². The molecular formula is C43H85NO3S. The first kappa shape index (κ1) is 47.4. The van der Waals surface area contributed by atoms with Crippen molar-refractivity contribution in [3.63, 3.8) is 0 Å². The van der Waals surface area contributed by atoms with Crippen molar-refractivity contribution in [2.24, 2.45) is 0 Å². The van der Waals surface area contributed by atoms with Crippen LogP contribution in [0.1, 0.15) is 189 Å². The molecule has 0 saturated carbocycles. The van der Waals surface area contributed by atoms with Crippen molar-refractivity contribution in [1.82, 2.24) is 4.90 Å². The largest absolute Gasteiger partial charge is 0.393 e. The SMILES string of the molecule is CCCCC/C=C\CCC(C)O.CCCCC/C=C\CCC(C)OS(C)(CCCCCN1CCCC1)OC(C)CC/C=C\CCCCC. The first-order valence-electron chi connectivity index (χ1n) is 20.7. The number of nitrogens with zero attached hydrogens (tertiary/aromatic N) is 1. The molecule has 0 spiro atoms. The van der Waals surface area contributed by atoms with Gasteiger partial charge in [-0.2, -0.15) is 10.6 Å². The number of aliphatic hydroxyl groups is 1. The van der Waals surface area contributed by atoms with Gasteiger partial charge in [0, 0.05) is 12.0 Å². The Morgan fingerprint density at radius 3 is 1.40 bits per heavy atom. The molecule has 1 rings (SSSR count). The van der Waals surface area contributed by atoms with Crippen molar-refractivity contribution in [2.75, 3.05) is 31.6 Å². The summed E-state index contributed by atoms with van der Waals surface area (Å²) in [6.07, 6.45) is 44.9. The quantitative estimate of drug-likeness (QED) is 0.0579. The van der Waals surface area contributed by atoms with Gasteiger partial charge in [0.25, 0.3) is 0 Å². The third-order valence-corrected chi connectivity index (χ3v) is 11.6. The van der Waals surface area contributed by atoms with Gasteiger partial charge in [0.1, 0.15) is 0 Å². The molecule has 0 aromatic carbocycles. The fourth-order valence-corrected chi connectivity index (χ4v) is 8.58. The molecule has 286 valence electrons. The molecule has 0 bridgehead atoms. The Balaban J connectivity index is 0.00000155. The minimum absolute atomic E-state index is 0.148. The van der Waals surface area contributed by atoms with Gasteiger partial charge < -0.3 is 10.0 Å². The van der Waals surface area contributed by atoms with Crippen LogP contribution in [0.25, 0.3) is 0 Å². The van der Waals surface area contributed by atoms with E-state index in [0.29, 0.717) is 0 Å². The summed E-state index contributed by atoms with van der Waals surface area (Å²) in [7, 11) is -1.51. The molecule has 1 heterocycles. The van der Waals surface area contributed by atoms with E-state index in [1.807, 2.05) is 6.92 Å². The van der Waals surface area contributed by atoms with Gasteiger partial charge in [-0.3, -0.25) is 8.37 Å². The Labute approximate surface area is 303 Å². The molecule has 4 nitrogen and oxygen atoms in total. The molecule has 0 aromatic heterocycles. The van der Waals surface area contributed by atoms with E-state index in [9.17, 15) is 0 Å². The van der Waals surface area contributed by atoms with Crippen LogP contribution < -0.4 is 0 Å². The second-order valence-electron chi connectivity index (χ2n) is 14.5. The van der Waals surface area contributed by atoms with E-state index in [-0.39, 0.29) is 18.3 Å². The molecule has 0 aliphatic carbocycles. The molecule has 1 N–H and O–H groups in total. The molecule has 48 heavy (non-hydrogen) atoms. The number of hydrogen-bond donors (Lipinski definition) is 1. The minimum atomic E-state index is -1.51. The highest BCUT2D eigenvalue weighted by atomic mass is 32.3. The Hall–Kier alpha value is -0.590. The van der Waals surface area contributed by atoms with Gasteiger partial charge >= 0.3 is 0 Å². The van der Waals surface area contributed by atoms with Crippen molar-refractivity contribution in [3.8, 4) is 0 Å². The summed E-state index contributed by atoms with van der Waals surface area (Å²) in [6, 6.07) is 0. The van der Waals surface area contributed by atoms with Gasteiger partial charge in [0.15, 0.2) is 0 Å². The normalized spacial score (nSPS) is 17.9. The summed E-state index contributed by atoms with van der Waals surface area (Å²) in [5, 5.41) is 8.96. The summed E-state index contributed by atoms with van der Waals surface area (Å²) in [4.78, 5) is 2.63. The van der Waals surface area contributed by atoms with E-state index in [2.05, 4.69) is 82.2 Å². The van der Waals surface area contributed by atoms with Crippen molar-refractivity contribution in [2.45, 2.75) is 208 Å². The topological polar surface area (TPSA) is 41.9 Å². The molecule has 3 atom stereocenters. The fourth-order valence-electron chi connectivity index (χ4n) is 6.04. The standard InChI is InChI=1S/C32H63NO2S.C11H22O/c1-6-8-10-12-14-16-19-25-31(3)34-36(5,30-24-18-21-27-33-28-22-23-29-33)35-32(4)26-20-17-15-13-11-9-7-2;1-3-4-5-6-7-8-9-10-11(2)12/h14-17,31-32H,6-13,18-30H2,1-5H3;7-8,11-12H,3-6,9-10H2,1-2H3/b16-14-,17-15-;8-7-. The van der Waals surface area contributed by atoms with Crippen LogP contribution in [0.2, 0.25) is 0 Å². The van der Waals surface area contributed by atoms with Gasteiger partial charge in [-0.25, -0.2) is 0 Å². The van der Waals surface area contributed by atoms with Crippen LogP contribution >= 0.6 is 10.6 Å². The van der Waals surface area contributed by atoms with E-state index in [0.717, 1.165) is 44.3 Å². The van der Waals surface area contributed by atoms with Crippen molar-refractivity contribution in [3.05, 3.63) is 36.5 Å². The maximum Gasteiger partial charge on any atom is 0.0796 e. The number of unbranched alkanes of at least 4 members (excludes halogenated alkanes) is 11. The van der Waals surface area contributed by atoms with E-state index in [1.54, 1.807) is 0 Å². The Kier molecular flexibility index (Phi) is 34.4. The third kappa shape index (κ3) is 32.6. The zero-order chi connectivity index (χ0) is 35.6. The Morgan fingerprint density at radius 2 is 0.979 bits per heavy atom. The van der Waals surface area contributed by atoms with E-state index < -0.39 is 10.6 Å². The number of aliphatic hydroxyl groups excluding tert-OH is 1. The van der Waals surface area contributed by atoms with Gasteiger partial charge in [-0.05, 0) is 143 Å². The molecule has 1 aliphatic rings. The van der Waals surface area contributed by atoms with Crippen LogP contribution in [-0.4, -0.2) is 60.0 Å². The van der Waals surface area contributed by atoms with Crippen LogP contribution in [0.5, 0.6) is 0 Å². The summed E-state index contributed by atoms with van der Waals surface area (Å²) < 4.78 is 13.4. The predicted octanol–water partition coefficient (Wildman–Crippen LogP) is 13.4. The molecule has 1 saturated heterocycles. The average Bonchev–Trinajstić information content (AvgIpc) is 3.57. The highest BCUT2D eigenvalue weighted by Gasteiger charge is 2.22. The third-order valence-electron chi connectivity index (χ3n) is 9.08. The van der Waals surface area contributed by atoms with Gasteiger partial charge in [0.05, 0.1) is 18.3 Å². The maximum atomic E-state index is 8.96. The monoisotopic (exact) mass is 696 g/mol. The minimum Gasteiger partial charge on any atom is -0.393 e. The second-order valence-corrected chi connectivity index (χ2v) is 17.2. The number of allylic oxidation sites excluding steroid dienone is 6. The molecule has 0 aromatic rings. The number of hydrogen-bond acceptors (Lipinski definition) is 4. The second kappa shape index (κ2) is 34.8. The molecule has 0 radical (unpaired) electrons. The van der Waals surface area contributed by atoms with Crippen LogP contribution in [0.15, 0.2) is 36.5 Å². The zero-order valence-corrected chi connectivity index (χ0v) is 34.2. The van der Waals surface area contributed by atoms with E-state index in [1.165, 1.54) is 129 Å². The average molecular weight is 696 g/mol. The lowest BCUT2D eigenvalue weighted by Crippen LogP contribution is -2.22. The molecule has 1 aliphatic heterocycles. The van der Waals surface area contributed by atoms with Crippen molar-refractivity contribution < 1.29 is 13.5 Å². The summed E-state index contributed by atoms with van der Waals surface area (Å²) in [5.41, 5.74) is 0. The lowest BCUT2D eigenvalue weighted by molar-refractivity contribution is 0.159. The number of likely N-dealkylation sites (tertiary alicyclic amines) is 1. The fraction of sp³-hybridized carbons (Fsp3) is 0.860. The maximum absolute atomic E-state index is 8.96. The highest BCUT2D eigenvalue weighted by molar-refractivity contribution is 8.25. The van der Waals surface area contributed by atoms with Crippen LogP contribution in [-0.2, 0) is 8.37 Å². The molecule has 5 heteroatoms. The summed E-state index contributed by atoms with van der Waals surface area (Å²) in [5.74, 6) is 1.07. The first-order chi connectivity index (χ1) is 23.3. The lowest BCUT2D eigenvalue weighted by Gasteiger charge is -2.43. The van der Waals surface area contributed by atoms with Crippen LogP contribution in [0.3, 0.4) is 0 Å². The number of rotatable bonds is 31. The lowest BCUT2D eigenvalue weighted by atomic mass is 10.1. The van der Waals surface area contributed by atoms with Crippen LogP contribution in [0, 0.1) is 0 Å². The smallest absolute Gasteiger partial charge is 0.0796 e. The van der Waals surface area contributed by atoms with Crippen molar-refractivity contribution >= 4 is 10.6 Å². The Morgan fingerprint density at radius 1 is 0.562 bits per heavy atom. The first-order valence-corrected chi connectivity index (χ1v) is 22.8. The predicted molar refractivity (Wildman–Crippen MR) is 218 cm³/mol. The molecular weight excluding hydrogens is 611 g/mol. The zero-order valence-electron chi connectivity index (χ0n) is 33.4. The molecule has 3 unspecified atom stereocenters. The van der Waals surface area contributed by atoms with E-state index in [4.69, 9.17) is 13.5 Å². The van der Waals surface area contributed by atoms with E-state index >= 15 is 0 Å². The van der Waals surface area contributed by atoms with Gasteiger partial charge in [-0.15, -0.1) is 0 Å². The highest BCUT2D eigenvalue weighted by Crippen LogP contribution is 2.50. The summed E-state index contributed by atoms with van der Waals surface area (Å²) >= 11 is 0.